The van der Waals surface area contributed by atoms with Crippen molar-refractivity contribution in [2.45, 2.75) is 19.8 Å². The summed E-state index contributed by atoms with van der Waals surface area (Å²) in [7, 11) is 3.16. The lowest BCUT2D eigenvalue weighted by atomic mass is 10.1. The van der Waals surface area contributed by atoms with Crippen LogP contribution in [0.4, 0.5) is 5.69 Å². The fourth-order valence-electron chi connectivity index (χ4n) is 3.94. The third-order valence-corrected chi connectivity index (χ3v) is 6.04. The van der Waals surface area contributed by atoms with Gasteiger partial charge in [-0.15, -0.1) is 0 Å². The van der Waals surface area contributed by atoms with Crippen molar-refractivity contribution in [1.82, 2.24) is 15.0 Å². The van der Waals surface area contributed by atoms with Crippen LogP contribution in [0.15, 0.2) is 40.9 Å². The first-order valence-corrected chi connectivity index (χ1v) is 11.2. The lowest BCUT2D eigenvalue weighted by Crippen LogP contribution is -2.49. The molecule has 33 heavy (non-hydrogen) atoms. The van der Waals surface area contributed by atoms with E-state index in [1.54, 1.807) is 26.4 Å². The van der Waals surface area contributed by atoms with Crippen LogP contribution in [-0.4, -0.2) is 61.3 Å². The van der Waals surface area contributed by atoms with Crippen molar-refractivity contribution >= 4 is 23.2 Å². The smallest absolute Gasteiger partial charge is 0.227 e. The third kappa shape index (κ3) is 5.22. The summed E-state index contributed by atoms with van der Waals surface area (Å²) < 4.78 is 15.9. The van der Waals surface area contributed by atoms with Gasteiger partial charge in [0.25, 0.3) is 0 Å². The number of ether oxygens (including phenoxy) is 2. The molecule has 9 heteroatoms. The Morgan fingerprint density at radius 3 is 2.55 bits per heavy atom. The second-order valence-corrected chi connectivity index (χ2v) is 8.32. The van der Waals surface area contributed by atoms with Crippen molar-refractivity contribution < 1.29 is 18.8 Å². The van der Waals surface area contributed by atoms with Gasteiger partial charge < -0.3 is 23.8 Å². The van der Waals surface area contributed by atoms with Gasteiger partial charge in [0.05, 0.1) is 14.2 Å². The number of aromatic nitrogens is 2. The van der Waals surface area contributed by atoms with E-state index in [2.05, 4.69) is 22.0 Å². The fourth-order valence-corrected chi connectivity index (χ4v) is 4.11. The van der Waals surface area contributed by atoms with E-state index in [1.165, 1.54) is 5.56 Å². The largest absolute Gasteiger partial charge is 0.493 e. The predicted molar refractivity (Wildman–Crippen MR) is 126 cm³/mol. The number of rotatable bonds is 7. The Balaban J connectivity index is 1.31. The molecule has 174 valence electrons. The van der Waals surface area contributed by atoms with Crippen LogP contribution in [0.1, 0.15) is 17.9 Å². The van der Waals surface area contributed by atoms with Gasteiger partial charge >= 0.3 is 0 Å². The molecule has 0 spiro atoms. The fraction of sp³-hybridized carbons (Fsp3) is 0.375. The molecular formula is C24H27ClN4O4. The summed E-state index contributed by atoms with van der Waals surface area (Å²) in [6.07, 6.45) is 0.719. The molecule has 0 N–H and O–H groups in total. The first kappa shape index (κ1) is 22.9. The number of nitrogens with zero attached hydrogens (tertiary/aromatic N) is 4. The van der Waals surface area contributed by atoms with E-state index in [9.17, 15) is 4.79 Å². The summed E-state index contributed by atoms with van der Waals surface area (Å²) >= 11 is 6.16. The zero-order valence-corrected chi connectivity index (χ0v) is 19.8. The lowest BCUT2D eigenvalue weighted by Gasteiger charge is -2.37. The number of piperazine rings is 1. The minimum atomic E-state index is 0.0864. The van der Waals surface area contributed by atoms with Crippen molar-refractivity contribution in [3.63, 3.8) is 0 Å². The molecule has 1 amide bonds. The van der Waals surface area contributed by atoms with Crippen molar-refractivity contribution in [3.8, 4) is 22.9 Å². The molecule has 0 radical (unpaired) electrons. The number of halogens is 1. The number of hydrogen-bond donors (Lipinski definition) is 0. The maximum absolute atomic E-state index is 12.7. The number of methoxy groups -OCH3 is 2. The summed E-state index contributed by atoms with van der Waals surface area (Å²) in [4.78, 5) is 21.3. The maximum Gasteiger partial charge on any atom is 0.227 e. The van der Waals surface area contributed by atoms with Crippen molar-refractivity contribution in [2.24, 2.45) is 0 Å². The normalized spacial score (nSPS) is 13.8. The molecule has 2 heterocycles. The second kappa shape index (κ2) is 10.1. The Morgan fingerprint density at radius 1 is 1.06 bits per heavy atom. The number of amides is 1. The molecule has 0 bridgehead atoms. The molecule has 0 aliphatic carbocycles. The van der Waals surface area contributed by atoms with E-state index in [0.29, 0.717) is 49.1 Å². The van der Waals surface area contributed by atoms with Gasteiger partial charge in [0, 0.05) is 55.3 Å². The minimum absolute atomic E-state index is 0.0864. The van der Waals surface area contributed by atoms with Crippen LogP contribution >= 0.6 is 11.6 Å². The highest BCUT2D eigenvalue weighted by Crippen LogP contribution is 2.31. The van der Waals surface area contributed by atoms with Gasteiger partial charge in [0.1, 0.15) is 0 Å². The van der Waals surface area contributed by atoms with Gasteiger partial charge in [0.2, 0.25) is 17.6 Å². The number of carbonyl (C=O) groups excluding carboxylic acids is 1. The summed E-state index contributed by atoms with van der Waals surface area (Å²) in [6.45, 7) is 4.97. The van der Waals surface area contributed by atoms with Crippen LogP contribution < -0.4 is 14.4 Å². The van der Waals surface area contributed by atoms with E-state index >= 15 is 0 Å². The average molecular weight is 471 g/mol. The quantitative estimate of drug-likeness (QED) is 0.516. The van der Waals surface area contributed by atoms with Crippen molar-refractivity contribution in [3.05, 3.63) is 52.9 Å². The van der Waals surface area contributed by atoms with Gasteiger partial charge in [0.15, 0.2) is 11.5 Å². The maximum atomic E-state index is 12.7. The Labute approximate surface area is 198 Å². The summed E-state index contributed by atoms with van der Waals surface area (Å²) in [6, 6.07) is 11.3. The van der Waals surface area contributed by atoms with Crippen molar-refractivity contribution in [1.29, 1.82) is 0 Å². The summed E-state index contributed by atoms with van der Waals surface area (Å²) in [5.74, 6) is 2.18. The van der Waals surface area contributed by atoms with Crippen LogP contribution in [0.3, 0.4) is 0 Å². The van der Waals surface area contributed by atoms with E-state index in [4.69, 9.17) is 25.6 Å². The Morgan fingerprint density at radius 2 is 1.82 bits per heavy atom. The molecule has 1 aromatic heterocycles. The van der Waals surface area contributed by atoms with Gasteiger partial charge in [-0.2, -0.15) is 4.98 Å². The van der Waals surface area contributed by atoms with E-state index in [-0.39, 0.29) is 5.91 Å². The van der Waals surface area contributed by atoms with E-state index in [0.717, 1.165) is 29.4 Å². The number of hydrogen-bond acceptors (Lipinski definition) is 7. The Hall–Kier alpha value is -3.26. The monoisotopic (exact) mass is 470 g/mol. The highest BCUT2D eigenvalue weighted by molar-refractivity contribution is 6.30. The van der Waals surface area contributed by atoms with Gasteiger partial charge in [-0.05, 0) is 42.8 Å². The second-order valence-electron chi connectivity index (χ2n) is 7.88. The molecule has 0 saturated carbocycles. The average Bonchev–Trinajstić information content (AvgIpc) is 3.33. The molecule has 1 saturated heterocycles. The molecule has 1 aliphatic rings. The Kier molecular flexibility index (Phi) is 7.03. The number of carbonyl (C=O) groups is 1. The molecular weight excluding hydrogens is 444 g/mol. The van der Waals surface area contributed by atoms with E-state index in [1.807, 2.05) is 29.2 Å². The molecule has 1 fully saturated rings. The summed E-state index contributed by atoms with van der Waals surface area (Å²) in [5, 5.41) is 4.77. The molecule has 2 aromatic carbocycles. The molecule has 8 nitrogen and oxygen atoms in total. The first-order chi connectivity index (χ1) is 16.0. The topological polar surface area (TPSA) is 80.9 Å². The molecule has 4 rings (SSSR count). The van der Waals surface area contributed by atoms with Gasteiger partial charge in [-0.1, -0.05) is 22.8 Å². The molecule has 3 aromatic rings. The van der Waals surface area contributed by atoms with Gasteiger partial charge in [-0.3, -0.25) is 4.79 Å². The SMILES string of the molecule is COc1ccc(-c2noc(CCC(=O)N3CCN(c4cc(Cl)ccc4C)CC3)n2)cc1OC. The van der Waals surface area contributed by atoms with Crippen molar-refractivity contribution in [2.75, 3.05) is 45.3 Å². The summed E-state index contributed by atoms with van der Waals surface area (Å²) in [5.41, 5.74) is 3.06. The zero-order chi connectivity index (χ0) is 23.4. The predicted octanol–water partition coefficient (Wildman–Crippen LogP) is 4.00. The minimum Gasteiger partial charge on any atom is -0.493 e. The highest BCUT2D eigenvalue weighted by Gasteiger charge is 2.23. The number of benzene rings is 2. The van der Waals surface area contributed by atoms with E-state index < -0.39 is 0 Å². The molecule has 1 aliphatic heterocycles. The van der Waals surface area contributed by atoms with Crippen LogP contribution in [-0.2, 0) is 11.2 Å². The third-order valence-electron chi connectivity index (χ3n) is 5.81. The van der Waals surface area contributed by atoms with Gasteiger partial charge in [-0.25, -0.2) is 0 Å². The zero-order valence-electron chi connectivity index (χ0n) is 19.0. The molecule has 0 unspecified atom stereocenters. The van der Waals surface area contributed by atoms with Crippen LogP contribution in [0, 0.1) is 6.92 Å². The lowest BCUT2D eigenvalue weighted by molar-refractivity contribution is -0.131. The number of anilines is 1. The standard InChI is InChI=1S/C24H27ClN4O4/c1-16-4-6-18(25)15-19(16)28-10-12-29(13-11-28)23(30)9-8-22-26-24(27-33-22)17-5-7-20(31-2)21(14-17)32-3/h4-7,14-15H,8-13H2,1-3H3. The van der Waals surface area contributed by atoms with Crippen LogP contribution in [0.25, 0.3) is 11.4 Å². The number of aryl methyl sites for hydroxylation is 2. The Bertz CT molecular complexity index is 1130. The highest BCUT2D eigenvalue weighted by atomic mass is 35.5. The van der Waals surface area contributed by atoms with Crippen LogP contribution in [0.5, 0.6) is 11.5 Å². The first-order valence-electron chi connectivity index (χ1n) is 10.8. The van der Waals surface area contributed by atoms with Crippen LogP contribution in [0.2, 0.25) is 5.02 Å². The molecule has 0 atom stereocenters.